The lowest BCUT2D eigenvalue weighted by atomic mass is 10.1. The molecule has 0 saturated heterocycles. The quantitative estimate of drug-likeness (QED) is 0.443. The summed E-state index contributed by atoms with van der Waals surface area (Å²) in [6, 6.07) is 7.66. The molecule has 1 heterocycles. The van der Waals surface area contributed by atoms with Crippen molar-refractivity contribution in [3.63, 3.8) is 0 Å². The SMILES string of the molecule is CCOC(=O)c1cnc2cc(OCC)c(Br)cc2c1Nc1cc(Cl)ccc1F. The predicted octanol–water partition coefficient (Wildman–Crippen LogP) is 6.11. The number of esters is 1. The zero-order valence-corrected chi connectivity index (χ0v) is 17.5. The zero-order chi connectivity index (χ0) is 20.3. The third-order valence-corrected chi connectivity index (χ3v) is 4.76. The molecule has 0 spiro atoms. The van der Waals surface area contributed by atoms with Crippen molar-refractivity contribution in [2.24, 2.45) is 0 Å². The van der Waals surface area contributed by atoms with Crippen LogP contribution in [0.5, 0.6) is 5.75 Å². The number of hydrogen-bond donors (Lipinski definition) is 1. The standard InChI is InChI=1S/C20H17BrClFN2O3/c1-3-27-18-9-16-12(8-14(18)21)19(13(10-24-16)20(26)28-4-2)25-17-7-11(22)5-6-15(17)23/h5-10H,3-4H2,1-2H3,(H,24,25). The predicted molar refractivity (Wildman–Crippen MR) is 111 cm³/mol. The van der Waals surface area contributed by atoms with Crippen LogP contribution >= 0.6 is 27.5 Å². The van der Waals surface area contributed by atoms with Crippen molar-refractivity contribution < 1.29 is 18.7 Å². The number of aromatic nitrogens is 1. The Kier molecular flexibility index (Phi) is 6.36. The van der Waals surface area contributed by atoms with Gasteiger partial charge >= 0.3 is 5.97 Å². The highest BCUT2D eigenvalue weighted by atomic mass is 79.9. The fraction of sp³-hybridized carbons (Fsp3) is 0.200. The van der Waals surface area contributed by atoms with Gasteiger partial charge in [0.05, 0.1) is 34.6 Å². The second kappa shape index (κ2) is 8.75. The average molecular weight is 468 g/mol. The minimum Gasteiger partial charge on any atom is -0.493 e. The number of nitrogens with zero attached hydrogens (tertiary/aromatic N) is 1. The molecule has 1 aromatic heterocycles. The number of halogens is 3. The lowest BCUT2D eigenvalue weighted by molar-refractivity contribution is 0.0527. The van der Waals surface area contributed by atoms with Gasteiger partial charge in [-0.3, -0.25) is 4.98 Å². The molecule has 0 unspecified atom stereocenters. The number of ether oxygens (including phenoxy) is 2. The summed E-state index contributed by atoms with van der Waals surface area (Å²) in [7, 11) is 0. The Morgan fingerprint density at radius 2 is 2.04 bits per heavy atom. The van der Waals surface area contributed by atoms with Crippen LogP contribution in [0.4, 0.5) is 15.8 Å². The highest BCUT2D eigenvalue weighted by Gasteiger charge is 2.19. The maximum absolute atomic E-state index is 14.3. The van der Waals surface area contributed by atoms with Gasteiger partial charge in [-0.2, -0.15) is 0 Å². The number of carbonyl (C=O) groups is 1. The first-order valence-electron chi connectivity index (χ1n) is 8.58. The number of benzene rings is 2. The van der Waals surface area contributed by atoms with Gasteiger partial charge in [-0.25, -0.2) is 9.18 Å². The number of pyridine rings is 1. The molecule has 2 aromatic carbocycles. The maximum atomic E-state index is 14.3. The number of anilines is 2. The van der Waals surface area contributed by atoms with Gasteiger partial charge in [0.1, 0.15) is 17.1 Å². The number of hydrogen-bond acceptors (Lipinski definition) is 5. The Labute approximate surface area is 174 Å². The van der Waals surface area contributed by atoms with Crippen molar-refractivity contribution >= 4 is 55.8 Å². The van der Waals surface area contributed by atoms with Crippen LogP contribution in [0.25, 0.3) is 10.9 Å². The van der Waals surface area contributed by atoms with E-state index in [0.29, 0.717) is 38.4 Å². The lowest BCUT2D eigenvalue weighted by Gasteiger charge is -2.16. The number of nitrogens with one attached hydrogen (secondary N) is 1. The second-order valence-electron chi connectivity index (χ2n) is 5.75. The molecule has 0 atom stereocenters. The molecule has 1 N–H and O–H groups in total. The van der Waals surface area contributed by atoms with Crippen molar-refractivity contribution in [1.82, 2.24) is 4.98 Å². The molecule has 0 aliphatic rings. The van der Waals surface area contributed by atoms with E-state index in [2.05, 4.69) is 26.2 Å². The van der Waals surface area contributed by atoms with Gasteiger partial charge in [0.2, 0.25) is 0 Å². The molecule has 3 rings (SSSR count). The fourth-order valence-corrected chi connectivity index (χ4v) is 3.32. The van der Waals surface area contributed by atoms with E-state index in [1.807, 2.05) is 6.92 Å². The van der Waals surface area contributed by atoms with Crippen molar-refractivity contribution in [2.45, 2.75) is 13.8 Å². The summed E-state index contributed by atoms with van der Waals surface area (Å²) in [6.45, 7) is 4.28. The zero-order valence-electron chi connectivity index (χ0n) is 15.2. The van der Waals surface area contributed by atoms with Gasteiger partial charge in [-0.05, 0) is 54.0 Å². The van der Waals surface area contributed by atoms with E-state index in [9.17, 15) is 9.18 Å². The minimum atomic E-state index is -0.563. The van der Waals surface area contributed by atoms with Crippen molar-refractivity contribution in [2.75, 3.05) is 18.5 Å². The van der Waals surface area contributed by atoms with Crippen molar-refractivity contribution in [3.8, 4) is 5.75 Å². The summed E-state index contributed by atoms with van der Waals surface area (Å²) < 4.78 is 25.7. The molecule has 5 nitrogen and oxygen atoms in total. The smallest absolute Gasteiger partial charge is 0.341 e. The van der Waals surface area contributed by atoms with E-state index >= 15 is 0 Å². The van der Waals surface area contributed by atoms with Crippen LogP contribution < -0.4 is 10.1 Å². The van der Waals surface area contributed by atoms with Crippen LogP contribution in [-0.2, 0) is 4.74 Å². The summed E-state index contributed by atoms with van der Waals surface area (Å²) >= 11 is 9.46. The van der Waals surface area contributed by atoms with Gasteiger partial charge in [0.25, 0.3) is 0 Å². The van der Waals surface area contributed by atoms with Gasteiger partial charge in [-0.1, -0.05) is 11.6 Å². The summed E-state index contributed by atoms with van der Waals surface area (Å²) in [6.07, 6.45) is 1.40. The molecule has 0 aliphatic carbocycles. The summed E-state index contributed by atoms with van der Waals surface area (Å²) in [5, 5.41) is 3.94. The third kappa shape index (κ3) is 4.20. The molecule has 0 amide bonds. The fourth-order valence-electron chi connectivity index (χ4n) is 2.69. The van der Waals surface area contributed by atoms with Crippen molar-refractivity contribution in [3.05, 3.63) is 57.4 Å². The molecular formula is C20H17BrClFN2O3. The Morgan fingerprint density at radius 1 is 1.25 bits per heavy atom. The first kappa shape index (κ1) is 20.4. The lowest BCUT2D eigenvalue weighted by Crippen LogP contribution is -2.10. The monoisotopic (exact) mass is 466 g/mol. The van der Waals surface area contributed by atoms with Crippen LogP contribution in [0.2, 0.25) is 5.02 Å². The van der Waals surface area contributed by atoms with Crippen LogP contribution in [0.1, 0.15) is 24.2 Å². The molecule has 0 saturated carbocycles. The summed E-state index contributed by atoms with van der Waals surface area (Å²) in [5.74, 6) is -0.452. The molecule has 0 fully saturated rings. The molecule has 0 bridgehead atoms. The van der Waals surface area contributed by atoms with Crippen LogP contribution in [0, 0.1) is 5.82 Å². The molecule has 28 heavy (non-hydrogen) atoms. The second-order valence-corrected chi connectivity index (χ2v) is 7.04. The molecule has 0 aliphatic heterocycles. The topological polar surface area (TPSA) is 60.5 Å². The van der Waals surface area contributed by atoms with Gasteiger partial charge in [0, 0.05) is 22.7 Å². The summed E-state index contributed by atoms with van der Waals surface area (Å²) in [5.41, 5.74) is 1.26. The maximum Gasteiger partial charge on any atom is 0.341 e. The Bertz CT molecular complexity index is 1050. The Balaban J connectivity index is 2.22. The van der Waals surface area contributed by atoms with E-state index in [0.717, 1.165) is 0 Å². The number of rotatable bonds is 6. The number of fused-ring (bicyclic) bond motifs is 1. The average Bonchev–Trinajstić information content (AvgIpc) is 2.66. The molecule has 0 radical (unpaired) electrons. The molecule has 8 heteroatoms. The highest BCUT2D eigenvalue weighted by Crippen LogP contribution is 2.37. The molecular weight excluding hydrogens is 451 g/mol. The van der Waals surface area contributed by atoms with E-state index in [1.54, 1.807) is 19.1 Å². The first-order chi connectivity index (χ1) is 13.4. The van der Waals surface area contributed by atoms with Gasteiger partial charge in [0.15, 0.2) is 0 Å². The molecule has 3 aromatic rings. The van der Waals surface area contributed by atoms with Crippen LogP contribution in [-0.4, -0.2) is 24.2 Å². The van der Waals surface area contributed by atoms with E-state index in [4.69, 9.17) is 21.1 Å². The van der Waals surface area contributed by atoms with E-state index < -0.39 is 11.8 Å². The largest absolute Gasteiger partial charge is 0.493 e. The third-order valence-electron chi connectivity index (χ3n) is 3.90. The number of carbonyl (C=O) groups excluding carboxylic acids is 1. The summed E-state index contributed by atoms with van der Waals surface area (Å²) in [4.78, 5) is 16.8. The van der Waals surface area contributed by atoms with Gasteiger partial charge < -0.3 is 14.8 Å². The van der Waals surface area contributed by atoms with Crippen LogP contribution in [0.15, 0.2) is 41.0 Å². The van der Waals surface area contributed by atoms with Gasteiger partial charge in [-0.15, -0.1) is 0 Å². The van der Waals surface area contributed by atoms with E-state index in [1.165, 1.54) is 24.4 Å². The van der Waals surface area contributed by atoms with Crippen LogP contribution in [0.3, 0.4) is 0 Å². The molecule has 146 valence electrons. The minimum absolute atomic E-state index is 0.135. The Hall–Kier alpha value is -2.38. The van der Waals surface area contributed by atoms with E-state index in [-0.39, 0.29) is 17.9 Å². The highest BCUT2D eigenvalue weighted by molar-refractivity contribution is 9.10. The normalized spacial score (nSPS) is 10.8. The first-order valence-corrected chi connectivity index (χ1v) is 9.76. The Morgan fingerprint density at radius 3 is 2.75 bits per heavy atom. The van der Waals surface area contributed by atoms with Crippen molar-refractivity contribution in [1.29, 1.82) is 0 Å².